The summed E-state index contributed by atoms with van der Waals surface area (Å²) in [5.41, 5.74) is 7.25. The molecule has 2 aromatic rings. The number of hydrogen-bond donors (Lipinski definition) is 2. The van der Waals surface area contributed by atoms with Crippen molar-refractivity contribution in [3.63, 3.8) is 0 Å². The highest BCUT2D eigenvalue weighted by atomic mass is 16.5. The van der Waals surface area contributed by atoms with Crippen molar-refractivity contribution in [2.75, 3.05) is 24.8 Å². The molecule has 0 bridgehead atoms. The van der Waals surface area contributed by atoms with Crippen LogP contribution in [-0.4, -0.2) is 18.7 Å². The predicted molar refractivity (Wildman–Crippen MR) is 85.3 cm³/mol. The number of ether oxygens (including phenoxy) is 2. The number of nitrogen functional groups attached to an aromatic ring is 1. The van der Waals surface area contributed by atoms with Gasteiger partial charge < -0.3 is 20.5 Å². The Morgan fingerprint density at radius 3 is 2.67 bits per heavy atom. The summed E-state index contributed by atoms with van der Waals surface area (Å²) in [6.07, 6.45) is 0. The van der Waals surface area contributed by atoms with Crippen molar-refractivity contribution >= 4 is 17.2 Å². The molecule has 3 N–H and O–H groups in total. The van der Waals surface area contributed by atoms with Gasteiger partial charge in [-0.15, -0.1) is 0 Å². The van der Waals surface area contributed by atoms with Gasteiger partial charge in [0.15, 0.2) is 0 Å². The van der Waals surface area contributed by atoms with Crippen molar-refractivity contribution in [3.05, 3.63) is 36.4 Å². The Morgan fingerprint density at radius 2 is 1.95 bits per heavy atom. The van der Waals surface area contributed by atoms with Gasteiger partial charge in [0.1, 0.15) is 11.6 Å². The second-order valence-corrected chi connectivity index (χ2v) is 5.12. The molecule has 0 spiro atoms. The van der Waals surface area contributed by atoms with Crippen molar-refractivity contribution in [2.24, 2.45) is 5.92 Å². The van der Waals surface area contributed by atoms with E-state index in [4.69, 9.17) is 15.2 Å². The normalized spacial score (nSPS) is 10.5. The lowest BCUT2D eigenvalue weighted by Crippen LogP contribution is -2.08. The Kier molecular flexibility index (Phi) is 4.87. The van der Waals surface area contributed by atoms with Crippen molar-refractivity contribution in [3.8, 4) is 11.6 Å². The van der Waals surface area contributed by atoms with Crippen molar-refractivity contribution < 1.29 is 9.47 Å². The average Bonchev–Trinajstić information content (AvgIpc) is 2.48. The lowest BCUT2D eigenvalue weighted by Gasteiger charge is -2.13. The highest BCUT2D eigenvalue weighted by molar-refractivity contribution is 5.65. The van der Waals surface area contributed by atoms with Crippen LogP contribution in [-0.2, 0) is 0 Å². The summed E-state index contributed by atoms with van der Waals surface area (Å²) in [6.45, 7) is 4.73. The first-order chi connectivity index (χ1) is 10.1. The summed E-state index contributed by atoms with van der Waals surface area (Å²) in [6, 6.07) is 11.2. The first kappa shape index (κ1) is 15.0. The van der Waals surface area contributed by atoms with Gasteiger partial charge in [0.25, 0.3) is 0 Å². The molecule has 0 saturated heterocycles. The van der Waals surface area contributed by atoms with Crippen LogP contribution in [0, 0.1) is 5.92 Å². The highest BCUT2D eigenvalue weighted by Crippen LogP contribution is 2.28. The average molecular weight is 287 g/mol. The number of nitrogens with one attached hydrogen (secondary N) is 1. The topological polar surface area (TPSA) is 69.4 Å². The van der Waals surface area contributed by atoms with Gasteiger partial charge in [0.05, 0.1) is 25.1 Å². The number of aromatic nitrogens is 1. The molecule has 5 heteroatoms. The number of nitrogens with zero attached hydrogens (tertiary/aromatic N) is 1. The van der Waals surface area contributed by atoms with Crippen LogP contribution in [0.15, 0.2) is 36.4 Å². The Hall–Kier alpha value is -2.43. The van der Waals surface area contributed by atoms with E-state index in [0.29, 0.717) is 29.9 Å². The first-order valence-corrected chi connectivity index (χ1v) is 6.89. The quantitative estimate of drug-likeness (QED) is 0.851. The lowest BCUT2D eigenvalue weighted by molar-refractivity contribution is 0.263. The Bertz CT molecular complexity index is 600. The van der Waals surface area contributed by atoms with Gasteiger partial charge in [-0.2, -0.15) is 4.98 Å². The van der Waals surface area contributed by atoms with E-state index in [1.807, 2.05) is 30.3 Å². The zero-order valence-electron chi connectivity index (χ0n) is 12.6. The number of methoxy groups -OCH3 is 1. The summed E-state index contributed by atoms with van der Waals surface area (Å²) >= 11 is 0. The van der Waals surface area contributed by atoms with Crippen molar-refractivity contribution in [1.29, 1.82) is 0 Å². The third-order valence-corrected chi connectivity index (χ3v) is 2.81. The number of benzene rings is 1. The molecule has 1 aromatic heterocycles. The van der Waals surface area contributed by atoms with E-state index in [-0.39, 0.29) is 0 Å². The van der Waals surface area contributed by atoms with E-state index >= 15 is 0 Å². The molecule has 5 nitrogen and oxygen atoms in total. The first-order valence-electron chi connectivity index (χ1n) is 6.89. The van der Waals surface area contributed by atoms with Gasteiger partial charge in [0, 0.05) is 0 Å². The van der Waals surface area contributed by atoms with Gasteiger partial charge in [-0.3, -0.25) is 0 Å². The van der Waals surface area contributed by atoms with E-state index < -0.39 is 0 Å². The van der Waals surface area contributed by atoms with Gasteiger partial charge >= 0.3 is 0 Å². The molecule has 0 fully saturated rings. The summed E-state index contributed by atoms with van der Waals surface area (Å²) < 4.78 is 10.9. The molecule has 1 heterocycles. The summed E-state index contributed by atoms with van der Waals surface area (Å²) in [5, 5.41) is 3.21. The molecule has 0 aliphatic rings. The fraction of sp³-hybridized carbons (Fsp3) is 0.312. The standard InChI is InChI=1S/C16H21N3O2/c1-11(2)10-21-16-12(17)8-9-15(19-16)18-13-6-4-5-7-14(13)20-3/h4-9,11H,10,17H2,1-3H3,(H,18,19). The van der Waals surface area contributed by atoms with Gasteiger partial charge in [-0.1, -0.05) is 26.0 Å². The molecular weight excluding hydrogens is 266 g/mol. The minimum absolute atomic E-state index is 0.414. The van der Waals surface area contributed by atoms with Crippen molar-refractivity contribution in [1.82, 2.24) is 4.98 Å². The molecule has 1 aromatic carbocycles. The number of para-hydroxylation sites is 2. The Morgan fingerprint density at radius 1 is 1.19 bits per heavy atom. The fourth-order valence-corrected chi connectivity index (χ4v) is 1.77. The SMILES string of the molecule is COc1ccccc1Nc1ccc(N)c(OCC(C)C)n1. The number of anilines is 3. The predicted octanol–water partition coefficient (Wildman–Crippen LogP) is 3.45. The maximum Gasteiger partial charge on any atom is 0.239 e. The van der Waals surface area contributed by atoms with E-state index in [1.54, 1.807) is 13.2 Å². The molecule has 0 atom stereocenters. The summed E-state index contributed by atoms with van der Waals surface area (Å²) in [7, 11) is 1.63. The molecule has 2 rings (SSSR count). The molecule has 0 saturated carbocycles. The second-order valence-electron chi connectivity index (χ2n) is 5.12. The third kappa shape index (κ3) is 4.02. The smallest absolute Gasteiger partial charge is 0.239 e. The number of hydrogen-bond acceptors (Lipinski definition) is 5. The molecule has 0 aliphatic heterocycles. The number of pyridine rings is 1. The Labute approximate surface area is 125 Å². The van der Waals surface area contributed by atoms with E-state index in [2.05, 4.69) is 24.1 Å². The highest BCUT2D eigenvalue weighted by Gasteiger charge is 2.08. The summed E-state index contributed by atoms with van der Waals surface area (Å²) in [4.78, 5) is 4.40. The lowest BCUT2D eigenvalue weighted by atomic mass is 10.2. The van der Waals surface area contributed by atoms with Crippen LogP contribution in [0.3, 0.4) is 0 Å². The maximum absolute atomic E-state index is 5.89. The minimum Gasteiger partial charge on any atom is -0.495 e. The van der Waals surface area contributed by atoms with Crippen LogP contribution in [0.25, 0.3) is 0 Å². The second kappa shape index (κ2) is 6.83. The molecule has 0 unspecified atom stereocenters. The zero-order chi connectivity index (χ0) is 15.2. The van der Waals surface area contributed by atoms with E-state index in [1.165, 1.54) is 0 Å². The van der Waals surface area contributed by atoms with Crippen LogP contribution < -0.4 is 20.5 Å². The molecule has 112 valence electrons. The molecule has 0 radical (unpaired) electrons. The summed E-state index contributed by atoms with van der Waals surface area (Å²) in [5.74, 6) is 2.27. The number of rotatable bonds is 6. The third-order valence-electron chi connectivity index (χ3n) is 2.81. The molecular formula is C16H21N3O2. The van der Waals surface area contributed by atoms with Crippen LogP contribution in [0.5, 0.6) is 11.6 Å². The fourth-order valence-electron chi connectivity index (χ4n) is 1.77. The van der Waals surface area contributed by atoms with Gasteiger partial charge in [-0.25, -0.2) is 0 Å². The molecule has 0 amide bonds. The maximum atomic E-state index is 5.89. The molecule has 21 heavy (non-hydrogen) atoms. The zero-order valence-corrected chi connectivity index (χ0v) is 12.6. The van der Waals surface area contributed by atoms with Gasteiger partial charge in [0.2, 0.25) is 5.88 Å². The van der Waals surface area contributed by atoms with E-state index in [0.717, 1.165) is 11.4 Å². The van der Waals surface area contributed by atoms with Gasteiger partial charge in [-0.05, 0) is 30.2 Å². The van der Waals surface area contributed by atoms with Crippen molar-refractivity contribution in [2.45, 2.75) is 13.8 Å². The van der Waals surface area contributed by atoms with Crippen LogP contribution in [0.4, 0.5) is 17.2 Å². The number of nitrogens with two attached hydrogens (primary N) is 1. The Balaban J connectivity index is 2.18. The van der Waals surface area contributed by atoms with Crippen LogP contribution in [0.1, 0.15) is 13.8 Å². The monoisotopic (exact) mass is 287 g/mol. The largest absolute Gasteiger partial charge is 0.495 e. The van der Waals surface area contributed by atoms with Crippen LogP contribution in [0.2, 0.25) is 0 Å². The molecule has 0 aliphatic carbocycles. The minimum atomic E-state index is 0.414. The van der Waals surface area contributed by atoms with Crippen LogP contribution >= 0.6 is 0 Å². The van der Waals surface area contributed by atoms with E-state index in [9.17, 15) is 0 Å².